The Bertz CT molecular complexity index is 289. The maximum Gasteiger partial charge on any atom is 0.229 e. The predicted octanol–water partition coefficient (Wildman–Crippen LogP) is 0.568. The number of alkyl halides is 1. The van der Waals surface area contributed by atoms with Gasteiger partial charge in [0.1, 0.15) is 0 Å². The summed E-state index contributed by atoms with van der Waals surface area (Å²) in [6.45, 7) is 0. The van der Waals surface area contributed by atoms with Crippen molar-refractivity contribution in [2.45, 2.75) is 6.30 Å². The van der Waals surface area contributed by atoms with Crippen LogP contribution in [0.3, 0.4) is 0 Å². The molecule has 1 heterocycles. The second-order valence-corrected chi connectivity index (χ2v) is 2.45. The number of allylic oxidation sites excluding steroid dienone is 1. The SMILES string of the molecule is CN1C(NN)=C(F)C(O)=C(F)C1F. The van der Waals surface area contributed by atoms with Crippen LogP contribution in [0.2, 0.25) is 0 Å². The maximum atomic E-state index is 12.9. The molecule has 0 aromatic carbocycles. The average Bonchev–Trinajstić information content (AvgIpc) is 2.13. The lowest BCUT2D eigenvalue weighted by Crippen LogP contribution is -2.41. The van der Waals surface area contributed by atoms with Crippen LogP contribution in [-0.2, 0) is 0 Å². The van der Waals surface area contributed by atoms with E-state index in [1.165, 1.54) is 0 Å². The first kappa shape index (κ1) is 9.72. The highest BCUT2D eigenvalue weighted by Crippen LogP contribution is 2.30. The fraction of sp³-hybridized carbons (Fsp3) is 0.333. The number of aliphatic hydroxyl groups excluding tert-OH is 1. The zero-order chi connectivity index (χ0) is 10.2. The summed E-state index contributed by atoms with van der Waals surface area (Å²) in [4.78, 5) is 0.588. The lowest BCUT2D eigenvalue weighted by Gasteiger charge is -2.28. The molecule has 1 atom stereocenters. The van der Waals surface area contributed by atoms with Gasteiger partial charge in [0.05, 0.1) is 0 Å². The van der Waals surface area contributed by atoms with Gasteiger partial charge in [-0.1, -0.05) is 0 Å². The summed E-state index contributed by atoms with van der Waals surface area (Å²) in [6, 6.07) is 0. The largest absolute Gasteiger partial charge is 0.503 e. The third kappa shape index (κ3) is 1.31. The predicted molar refractivity (Wildman–Crippen MR) is 38.9 cm³/mol. The minimum absolute atomic E-state index is 0.508. The van der Waals surface area contributed by atoms with Crippen LogP contribution in [0.4, 0.5) is 13.2 Å². The lowest BCUT2D eigenvalue weighted by atomic mass is 10.2. The molecule has 0 fully saturated rings. The van der Waals surface area contributed by atoms with Crippen LogP contribution < -0.4 is 11.3 Å². The molecule has 1 aliphatic rings. The Morgan fingerprint density at radius 1 is 1.54 bits per heavy atom. The summed E-state index contributed by atoms with van der Waals surface area (Å²) >= 11 is 0. The number of nitrogens with zero attached hydrogens (tertiary/aromatic N) is 1. The standard InChI is InChI=1S/C6H8F3N3O/c1-12-5(9)2(7)4(13)3(8)6(12)11-10/h5,11,13H,10H2,1H3. The van der Waals surface area contributed by atoms with Crippen LogP contribution in [0, 0.1) is 0 Å². The maximum absolute atomic E-state index is 12.9. The Kier molecular flexibility index (Phi) is 2.37. The van der Waals surface area contributed by atoms with Gasteiger partial charge in [-0.25, -0.2) is 14.6 Å². The van der Waals surface area contributed by atoms with Crippen LogP contribution >= 0.6 is 0 Å². The highest BCUT2D eigenvalue weighted by atomic mass is 19.2. The molecule has 0 saturated carbocycles. The van der Waals surface area contributed by atoms with E-state index in [9.17, 15) is 13.2 Å². The van der Waals surface area contributed by atoms with Crippen LogP contribution in [0.15, 0.2) is 23.2 Å². The van der Waals surface area contributed by atoms with E-state index in [1.54, 1.807) is 0 Å². The van der Waals surface area contributed by atoms with Crippen molar-refractivity contribution in [3.8, 4) is 0 Å². The van der Waals surface area contributed by atoms with Crippen molar-refractivity contribution in [1.29, 1.82) is 0 Å². The Balaban J connectivity index is 3.19. The third-order valence-electron chi connectivity index (χ3n) is 1.68. The minimum Gasteiger partial charge on any atom is -0.503 e. The van der Waals surface area contributed by atoms with Crippen molar-refractivity contribution in [1.82, 2.24) is 10.3 Å². The van der Waals surface area contributed by atoms with Crippen LogP contribution in [-0.4, -0.2) is 23.3 Å². The molecule has 7 heteroatoms. The zero-order valence-corrected chi connectivity index (χ0v) is 6.68. The second kappa shape index (κ2) is 3.17. The first-order valence-corrected chi connectivity index (χ1v) is 3.33. The molecule has 1 rings (SSSR count). The van der Waals surface area contributed by atoms with Crippen molar-refractivity contribution < 1.29 is 18.3 Å². The van der Waals surface area contributed by atoms with E-state index in [1.807, 2.05) is 5.43 Å². The molecule has 0 saturated heterocycles. The smallest absolute Gasteiger partial charge is 0.229 e. The number of likely N-dealkylation sites (N-methyl/N-ethyl adjacent to an activating group) is 1. The molecule has 0 amide bonds. The molecular weight excluding hydrogens is 187 g/mol. The topological polar surface area (TPSA) is 61.5 Å². The third-order valence-corrected chi connectivity index (χ3v) is 1.68. The van der Waals surface area contributed by atoms with Crippen molar-refractivity contribution in [3.05, 3.63) is 23.2 Å². The normalized spacial score (nSPS) is 24.1. The Morgan fingerprint density at radius 2 is 2.08 bits per heavy atom. The van der Waals surface area contributed by atoms with E-state index < -0.39 is 29.5 Å². The van der Waals surface area contributed by atoms with Crippen molar-refractivity contribution in [2.75, 3.05) is 7.05 Å². The number of aliphatic hydroxyl groups is 1. The summed E-state index contributed by atoms with van der Waals surface area (Å²) in [5, 5.41) is 8.75. The molecule has 13 heavy (non-hydrogen) atoms. The summed E-state index contributed by atoms with van der Waals surface area (Å²) < 4.78 is 38.4. The molecule has 4 nitrogen and oxygen atoms in total. The van der Waals surface area contributed by atoms with Gasteiger partial charge in [0.2, 0.25) is 12.1 Å². The van der Waals surface area contributed by atoms with Gasteiger partial charge in [0.15, 0.2) is 17.4 Å². The number of halogens is 3. The number of hydrazine groups is 1. The van der Waals surface area contributed by atoms with E-state index in [0.29, 0.717) is 4.90 Å². The molecule has 4 N–H and O–H groups in total. The molecule has 1 unspecified atom stereocenters. The molecule has 0 aliphatic carbocycles. The van der Waals surface area contributed by atoms with Crippen molar-refractivity contribution >= 4 is 0 Å². The van der Waals surface area contributed by atoms with Crippen molar-refractivity contribution in [2.24, 2.45) is 5.84 Å². The van der Waals surface area contributed by atoms with Gasteiger partial charge in [-0.05, 0) is 0 Å². The first-order valence-electron chi connectivity index (χ1n) is 3.33. The van der Waals surface area contributed by atoms with Crippen molar-refractivity contribution in [3.63, 3.8) is 0 Å². The van der Waals surface area contributed by atoms with Crippen LogP contribution in [0.25, 0.3) is 0 Å². The summed E-state index contributed by atoms with van der Waals surface area (Å²) in [6.07, 6.45) is -2.23. The Hall–Kier alpha value is -1.37. The first-order chi connectivity index (χ1) is 6.00. The van der Waals surface area contributed by atoms with Gasteiger partial charge in [-0.3, -0.25) is 0 Å². The highest BCUT2D eigenvalue weighted by Gasteiger charge is 2.34. The summed E-state index contributed by atoms with van der Waals surface area (Å²) in [5.41, 5.74) is 1.81. The average molecular weight is 195 g/mol. The van der Waals surface area contributed by atoms with E-state index in [4.69, 9.17) is 10.9 Å². The van der Waals surface area contributed by atoms with Gasteiger partial charge >= 0.3 is 0 Å². The van der Waals surface area contributed by atoms with E-state index in [-0.39, 0.29) is 0 Å². The van der Waals surface area contributed by atoms with Gasteiger partial charge in [0, 0.05) is 7.05 Å². The quantitative estimate of drug-likeness (QED) is 0.325. The fourth-order valence-electron chi connectivity index (χ4n) is 0.933. The number of hydrogen-bond acceptors (Lipinski definition) is 4. The van der Waals surface area contributed by atoms with E-state index in [0.717, 1.165) is 7.05 Å². The molecule has 1 aliphatic heterocycles. The number of nitrogens with one attached hydrogen (secondary N) is 1. The number of nitrogens with two attached hydrogens (primary N) is 1. The minimum atomic E-state index is -2.23. The number of rotatable bonds is 1. The molecule has 0 radical (unpaired) electrons. The lowest BCUT2D eigenvalue weighted by molar-refractivity contribution is 0.118. The fourth-order valence-corrected chi connectivity index (χ4v) is 0.933. The van der Waals surface area contributed by atoms with Gasteiger partial charge in [0.25, 0.3) is 0 Å². The number of hydrogen-bond donors (Lipinski definition) is 3. The van der Waals surface area contributed by atoms with Crippen LogP contribution in [0.5, 0.6) is 0 Å². The van der Waals surface area contributed by atoms with E-state index >= 15 is 0 Å². The van der Waals surface area contributed by atoms with Gasteiger partial charge in [-0.2, -0.15) is 4.39 Å². The molecule has 0 aromatic heterocycles. The second-order valence-electron chi connectivity index (χ2n) is 2.45. The van der Waals surface area contributed by atoms with Gasteiger partial charge in [-0.15, -0.1) is 0 Å². The molecule has 0 bridgehead atoms. The molecular formula is C6H8F3N3O. The Morgan fingerprint density at radius 3 is 2.54 bits per heavy atom. The van der Waals surface area contributed by atoms with Crippen LogP contribution in [0.1, 0.15) is 0 Å². The highest BCUT2D eigenvalue weighted by molar-refractivity contribution is 5.31. The molecule has 0 aromatic rings. The van der Waals surface area contributed by atoms with Gasteiger partial charge < -0.3 is 15.4 Å². The monoisotopic (exact) mass is 195 g/mol. The summed E-state index contributed by atoms with van der Waals surface area (Å²) in [5.74, 6) is 0.0780. The molecule has 74 valence electrons. The molecule has 0 spiro atoms. The zero-order valence-electron chi connectivity index (χ0n) is 6.68. The Labute approximate surface area is 72.1 Å². The summed E-state index contributed by atoms with van der Waals surface area (Å²) in [7, 11) is 1.09. The van der Waals surface area contributed by atoms with E-state index in [2.05, 4.69) is 0 Å².